The molecule has 5 nitrogen and oxygen atoms in total. The van der Waals surface area contributed by atoms with Crippen LogP contribution in [0, 0.1) is 5.92 Å². The van der Waals surface area contributed by atoms with Crippen molar-refractivity contribution in [3.63, 3.8) is 0 Å². The molecule has 1 aromatic carbocycles. The summed E-state index contributed by atoms with van der Waals surface area (Å²) in [5, 5.41) is 0. The van der Waals surface area contributed by atoms with Crippen molar-refractivity contribution in [2.75, 3.05) is 14.2 Å². The molecular weight excluding hydrogens is 342 g/mol. The minimum absolute atomic E-state index is 0. The number of carbonyl (C=O) groups is 1. The standard InChI is InChI=1S/C16H22F2N2O3.ClH/c1-20(15(21)11-4-5-12(19)8-11)9-10-3-6-13(22-2)14(7-10)23-16(17)18;/h3,6-7,11-12,16H,4-5,8-9,19H2,1-2H3;1H. The SMILES string of the molecule is COc1ccc(CN(C)C(=O)C2CCC(N)C2)cc1OC(F)F.Cl. The van der Waals surface area contributed by atoms with Gasteiger partial charge in [-0.25, -0.2) is 0 Å². The molecular formula is C16H23ClF2N2O3. The summed E-state index contributed by atoms with van der Waals surface area (Å²) >= 11 is 0. The molecule has 1 aliphatic rings. The second kappa shape index (κ2) is 9.03. The molecule has 0 saturated heterocycles. The van der Waals surface area contributed by atoms with Gasteiger partial charge in [0.25, 0.3) is 0 Å². The molecule has 2 unspecified atom stereocenters. The Morgan fingerprint density at radius 1 is 1.38 bits per heavy atom. The van der Waals surface area contributed by atoms with E-state index in [1.165, 1.54) is 13.2 Å². The summed E-state index contributed by atoms with van der Waals surface area (Å²) in [5.41, 5.74) is 6.54. The number of methoxy groups -OCH3 is 1. The third kappa shape index (κ3) is 5.21. The van der Waals surface area contributed by atoms with Gasteiger partial charge >= 0.3 is 6.61 Å². The third-order valence-corrected chi connectivity index (χ3v) is 4.06. The molecule has 0 bridgehead atoms. The van der Waals surface area contributed by atoms with Gasteiger partial charge in [-0.15, -0.1) is 12.4 Å². The largest absolute Gasteiger partial charge is 0.493 e. The number of carbonyl (C=O) groups excluding carboxylic acids is 1. The van der Waals surface area contributed by atoms with E-state index in [0.717, 1.165) is 12.8 Å². The first-order valence-corrected chi connectivity index (χ1v) is 7.53. The van der Waals surface area contributed by atoms with Gasteiger partial charge in [0.1, 0.15) is 0 Å². The van der Waals surface area contributed by atoms with Gasteiger partial charge in [0.05, 0.1) is 7.11 Å². The number of alkyl halides is 2. The number of ether oxygens (including phenoxy) is 2. The molecule has 1 aliphatic carbocycles. The molecule has 8 heteroatoms. The molecule has 0 aliphatic heterocycles. The van der Waals surface area contributed by atoms with E-state index >= 15 is 0 Å². The van der Waals surface area contributed by atoms with E-state index in [0.29, 0.717) is 18.5 Å². The van der Waals surface area contributed by atoms with Crippen LogP contribution in [-0.2, 0) is 11.3 Å². The fourth-order valence-electron chi connectivity index (χ4n) is 2.91. The van der Waals surface area contributed by atoms with Crippen molar-refractivity contribution >= 4 is 18.3 Å². The van der Waals surface area contributed by atoms with Gasteiger partial charge in [0.15, 0.2) is 11.5 Å². The van der Waals surface area contributed by atoms with Crippen molar-refractivity contribution < 1.29 is 23.0 Å². The zero-order valence-electron chi connectivity index (χ0n) is 13.7. The first-order valence-electron chi connectivity index (χ1n) is 7.53. The highest BCUT2D eigenvalue weighted by Crippen LogP contribution is 2.30. The lowest BCUT2D eigenvalue weighted by molar-refractivity contribution is -0.134. The van der Waals surface area contributed by atoms with Gasteiger partial charge in [-0.1, -0.05) is 6.07 Å². The minimum Gasteiger partial charge on any atom is -0.493 e. The smallest absolute Gasteiger partial charge is 0.387 e. The second-order valence-corrected chi connectivity index (χ2v) is 5.83. The van der Waals surface area contributed by atoms with E-state index in [4.69, 9.17) is 10.5 Å². The number of nitrogens with zero attached hydrogens (tertiary/aromatic N) is 1. The Labute approximate surface area is 146 Å². The Bertz CT molecular complexity index is 560. The number of nitrogens with two attached hydrogens (primary N) is 1. The molecule has 2 atom stereocenters. The van der Waals surface area contributed by atoms with E-state index in [1.807, 2.05) is 0 Å². The van der Waals surface area contributed by atoms with Crippen LogP contribution in [0.15, 0.2) is 18.2 Å². The summed E-state index contributed by atoms with van der Waals surface area (Å²) in [6.45, 7) is -2.62. The number of amides is 1. The number of rotatable bonds is 6. The summed E-state index contributed by atoms with van der Waals surface area (Å²) in [7, 11) is 3.08. The van der Waals surface area contributed by atoms with Gasteiger partial charge in [0.2, 0.25) is 5.91 Å². The molecule has 1 fully saturated rings. The van der Waals surface area contributed by atoms with Crippen LogP contribution in [0.25, 0.3) is 0 Å². The predicted octanol–water partition coefficient (Wildman–Crippen LogP) is 2.80. The van der Waals surface area contributed by atoms with Crippen LogP contribution in [0.1, 0.15) is 24.8 Å². The maximum Gasteiger partial charge on any atom is 0.387 e. The van der Waals surface area contributed by atoms with Crippen molar-refractivity contribution in [2.24, 2.45) is 11.7 Å². The fraction of sp³-hybridized carbons (Fsp3) is 0.562. The van der Waals surface area contributed by atoms with Gasteiger partial charge < -0.3 is 20.1 Å². The van der Waals surface area contributed by atoms with Crippen molar-refractivity contribution in [1.29, 1.82) is 0 Å². The van der Waals surface area contributed by atoms with Crippen molar-refractivity contribution in [3.05, 3.63) is 23.8 Å². The molecule has 1 amide bonds. The lowest BCUT2D eigenvalue weighted by atomic mass is 10.1. The molecule has 0 heterocycles. The molecule has 0 aromatic heterocycles. The Kier molecular flexibility index (Phi) is 7.69. The summed E-state index contributed by atoms with van der Waals surface area (Å²) in [4.78, 5) is 14.0. The lowest BCUT2D eigenvalue weighted by Crippen LogP contribution is -2.32. The molecule has 136 valence electrons. The lowest BCUT2D eigenvalue weighted by Gasteiger charge is -2.22. The van der Waals surface area contributed by atoms with E-state index in [9.17, 15) is 13.6 Å². The van der Waals surface area contributed by atoms with E-state index < -0.39 is 6.61 Å². The van der Waals surface area contributed by atoms with E-state index in [2.05, 4.69) is 4.74 Å². The maximum atomic E-state index is 12.4. The molecule has 1 saturated carbocycles. The van der Waals surface area contributed by atoms with Gasteiger partial charge in [-0.2, -0.15) is 8.78 Å². The summed E-state index contributed by atoms with van der Waals surface area (Å²) in [5.74, 6) is 0.170. The van der Waals surface area contributed by atoms with Crippen molar-refractivity contribution in [2.45, 2.75) is 38.5 Å². The van der Waals surface area contributed by atoms with Crippen LogP contribution < -0.4 is 15.2 Å². The Morgan fingerprint density at radius 3 is 2.62 bits per heavy atom. The van der Waals surface area contributed by atoms with Gasteiger partial charge in [-0.3, -0.25) is 4.79 Å². The second-order valence-electron chi connectivity index (χ2n) is 5.83. The number of halogens is 3. The van der Waals surface area contributed by atoms with E-state index in [-0.39, 0.29) is 41.8 Å². The first kappa shape index (κ1) is 20.4. The molecule has 0 spiro atoms. The number of benzene rings is 1. The Hall–Kier alpha value is -1.60. The minimum atomic E-state index is -2.93. The van der Waals surface area contributed by atoms with Crippen LogP contribution in [-0.4, -0.2) is 37.6 Å². The van der Waals surface area contributed by atoms with Gasteiger partial charge in [-0.05, 0) is 37.0 Å². The average molecular weight is 365 g/mol. The molecule has 24 heavy (non-hydrogen) atoms. The predicted molar refractivity (Wildman–Crippen MR) is 88.7 cm³/mol. The highest BCUT2D eigenvalue weighted by atomic mass is 35.5. The number of hydrogen-bond acceptors (Lipinski definition) is 4. The van der Waals surface area contributed by atoms with Crippen LogP contribution in [0.4, 0.5) is 8.78 Å². The van der Waals surface area contributed by atoms with Crippen LogP contribution in [0.2, 0.25) is 0 Å². The van der Waals surface area contributed by atoms with Crippen LogP contribution in [0.5, 0.6) is 11.5 Å². The van der Waals surface area contributed by atoms with Crippen LogP contribution >= 0.6 is 12.4 Å². The molecule has 1 aromatic rings. The third-order valence-electron chi connectivity index (χ3n) is 4.06. The normalized spacial score (nSPS) is 19.8. The van der Waals surface area contributed by atoms with Crippen LogP contribution in [0.3, 0.4) is 0 Å². The van der Waals surface area contributed by atoms with E-state index in [1.54, 1.807) is 24.1 Å². The number of hydrogen-bond donors (Lipinski definition) is 1. The molecule has 0 radical (unpaired) electrons. The zero-order valence-corrected chi connectivity index (χ0v) is 14.5. The molecule has 2 rings (SSSR count). The van der Waals surface area contributed by atoms with Crippen molar-refractivity contribution in [1.82, 2.24) is 4.90 Å². The Morgan fingerprint density at radius 2 is 2.08 bits per heavy atom. The Balaban J connectivity index is 0.00000288. The average Bonchev–Trinajstić information content (AvgIpc) is 2.92. The topological polar surface area (TPSA) is 64.8 Å². The van der Waals surface area contributed by atoms with Crippen molar-refractivity contribution in [3.8, 4) is 11.5 Å². The monoisotopic (exact) mass is 364 g/mol. The highest BCUT2D eigenvalue weighted by molar-refractivity contribution is 5.85. The zero-order chi connectivity index (χ0) is 17.0. The van der Waals surface area contributed by atoms with Gasteiger partial charge in [0, 0.05) is 25.6 Å². The summed E-state index contributed by atoms with van der Waals surface area (Å²) in [6.07, 6.45) is 2.36. The highest BCUT2D eigenvalue weighted by Gasteiger charge is 2.29. The summed E-state index contributed by atoms with van der Waals surface area (Å²) < 4.78 is 34.3. The summed E-state index contributed by atoms with van der Waals surface area (Å²) in [6, 6.07) is 4.83. The molecule has 2 N–H and O–H groups in total. The first-order chi connectivity index (χ1) is 10.9. The quantitative estimate of drug-likeness (QED) is 0.843. The fourth-order valence-corrected chi connectivity index (χ4v) is 2.91. The maximum absolute atomic E-state index is 12.4.